The fourth-order valence-electron chi connectivity index (χ4n) is 2.93. The quantitative estimate of drug-likeness (QED) is 0.882. The lowest BCUT2D eigenvalue weighted by Crippen LogP contribution is -2.58. The first kappa shape index (κ1) is 15.8. The van der Waals surface area contributed by atoms with Crippen LogP contribution >= 0.6 is 15.9 Å². The van der Waals surface area contributed by atoms with Gasteiger partial charge in [-0.3, -0.25) is 0 Å². The molecule has 0 aromatic heterocycles. The smallest absolute Gasteiger partial charge is 0.139 e. The number of hydrogen-bond donors (Lipinski definition) is 1. The predicted molar refractivity (Wildman–Crippen MR) is 86.8 cm³/mol. The molecule has 1 aliphatic rings. The largest absolute Gasteiger partial charge is 0.365 e. The molecule has 2 unspecified atom stereocenters. The molecule has 2 atom stereocenters. The third kappa shape index (κ3) is 3.53. The van der Waals surface area contributed by atoms with Crippen molar-refractivity contribution in [2.45, 2.75) is 45.7 Å². The summed E-state index contributed by atoms with van der Waals surface area (Å²) in [6.45, 7) is 8.60. The SMILES string of the molecule is CCCC1CN(c2ccc(Br)c(F)c2)C(C(C)C)CN1. The van der Waals surface area contributed by atoms with Crippen molar-refractivity contribution in [2.75, 3.05) is 18.0 Å². The molecule has 1 aromatic carbocycles. The lowest BCUT2D eigenvalue weighted by Gasteiger charge is -2.44. The van der Waals surface area contributed by atoms with E-state index >= 15 is 0 Å². The van der Waals surface area contributed by atoms with Gasteiger partial charge >= 0.3 is 0 Å². The van der Waals surface area contributed by atoms with Crippen LogP contribution < -0.4 is 10.2 Å². The zero-order valence-corrected chi connectivity index (χ0v) is 14.1. The number of nitrogens with one attached hydrogen (secondary N) is 1. The van der Waals surface area contributed by atoms with E-state index in [1.165, 1.54) is 12.8 Å². The van der Waals surface area contributed by atoms with Crippen LogP contribution in [0.2, 0.25) is 0 Å². The van der Waals surface area contributed by atoms with E-state index in [0.29, 0.717) is 22.5 Å². The molecule has 2 rings (SSSR count). The van der Waals surface area contributed by atoms with Crippen LogP contribution in [0, 0.1) is 11.7 Å². The van der Waals surface area contributed by atoms with Crippen LogP contribution in [0.5, 0.6) is 0 Å². The van der Waals surface area contributed by atoms with Crippen molar-refractivity contribution in [3.63, 3.8) is 0 Å². The van der Waals surface area contributed by atoms with E-state index in [2.05, 4.69) is 46.9 Å². The van der Waals surface area contributed by atoms with E-state index in [0.717, 1.165) is 18.8 Å². The van der Waals surface area contributed by atoms with E-state index in [9.17, 15) is 4.39 Å². The molecule has 1 N–H and O–H groups in total. The van der Waals surface area contributed by atoms with E-state index in [1.54, 1.807) is 12.1 Å². The average Bonchev–Trinajstić information content (AvgIpc) is 2.42. The molecule has 1 aliphatic heterocycles. The molecular weight excluding hydrogens is 319 g/mol. The zero-order valence-electron chi connectivity index (χ0n) is 12.5. The molecule has 0 radical (unpaired) electrons. The summed E-state index contributed by atoms with van der Waals surface area (Å²) >= 11 is 3.23. The van der Waals surface area contributed by atoms with Crippen molar-refractivity contribution in [3.8, 4) is 0 Å². The number of halogens is 2. The summed E-state index contributed by atoms with van der Waals surface area (Å²) in [6.07, 6.45) is 2.34. The third-order valence-electron chi connectivity index (χ3n) is 4.07. The zero-order chi connectivity index (χ0) is 14.7. The molecule has 4 heteroatoms. The molecule has 0 amide bonds. The van der Waals surface area contributed by atoms with Crippen LogP contribution in [0.15, 0.2) is 22.7 Å². The first-order valence-corrected chi connectivity index (χ1v) is 8.27. The standard InChI is InChI=1S/C16H24BrFN2/c1-4-5-12-10-20(16(9-19-12)11(2)3)13-6-7-14(17)15(18)8-13/h6-8,11-12,16,19H,4-5,9-10H2,1-3H3. The summed E-state index contributed by atoms with van der Waals surface area (Å²) in [5, 5.41) is 3.63. The van der Waals surface area contributed by atoms with Crippen LogP contribution in [-0.2, 0) is 0 Å². The van der Waals surface area contributed by atoms with Gasteiger partial charge in [0.15, 0.2) is 0 Å². The van der Waals surface area contributed by atoms with Gasteiger partial charge in [0.2, 0.25) is 0 Å². The Balaban J connectivity index is 2.24. The van der Waals surface area contributed by atoms with E-state index in [4.69, 9.17) is 0 Å². The molecule has 112 valence electrons. The van der Waals surface area contributed by atoms with Crippen LogP contribution in [0.25, 0.3) is 0 Å². The number of piperazine rings is 1. The van der Waals surface area contributed by atoms with Gasteiger partial charge in [0, 0.05) is 30.9 Å². The summed E-state index contributed by atoms with van der Waals surface area (Å²) in [5.41, 5.74) is 0.993. The highest BCUT2D eigenvalue weighted by molar-refractivity contribution is 9.10. The molecule has 1 heterocycles. The van der Waals surface area contributed by atoms with Crippen LogP contribution in [0.3, 0.4) is 0 Å². The predicted octanol–water partition coefficient (Wildman–Crippen LogP) is 4.19. The maximum Gasteiger partial charge on any atom is 0.139 e. The summed E-state index contributed by atoms with van der Waals surface area (Å²) in [5.74, 6) is 0.354. The minimum absolute atomic E-state index is 0.185. The van der Waals surface area contributed by atoms with Crippen molar-refractivity contribution in [3.05, 3.63) is 28.5 Å². The molecule has 1 fully saturated rings. The van der Waals surface area contributed by atoms with Crippen molar-refractivity contribution in [2.24, 2.45) is 5.92 Å². The van der Waals surface area contributed by atoms with Gasteiger partial charge in [-0.2, -0.15) is 0 Å². The number of rotatable bonds is 4. The highest BCUT2D eigenvalue weighted by Crippen LogP contribution is 2.28. The molecule has 1 saturated heterocycles. The Bertz CT molecular complexity index is 450. The van der Waals surface area contributed by atoms with Gasteiger partial charge in [-0.15, -0.1) is 0 Å². The van der Waals surface area contributed by atoms with Crippen LogP contribution in [0.4, 0.5) is 10.1 Å². The first-order chi connectivity index (χ1) is 9.52. The van der Waals surface area contributed by atoms with Crippen LogP contribution in [-0.4, -0.2) is 25.2 Å². The second kappa shape index (κ2) is 6.90. The van der Waals surface area contributed by atoms with Crippen molar-refractivity contribution < 1.29 is 4.39 Å². The maximum atomic E-state index is 13.8. The highest BCUT2D eigenvalue weighted by Gasteiger charge is 2.29. The van der Waals surface area contributed by atoms with Gasteiger partial charge in [-0.1, -0.05) is 27.2 Å². The van der Waals surface area contributed by atoms with Gasteiger partial charge in [0.05, 0.1) is 4.47 Å². The molecule has 20 heavy (non-hydrogen) atoms. The minimum atomic E-state index is -0.185. The Morgan fingerprint density at radius 2 is 2.20 bits per heavy atom. The maximum absolute atomic E-state index is 13.8. The molecule has 0 bridgehead atoms. The van der Waals surface area contributed by atoms with Gasteiger partial charge in [0.1, 0.15) is 5.82 Å². The Hall–Kier alpha value is -0.610. The number of nitrogens with zero attached hydrogens (tertiary/aromatic N) is 1. The highest BCUT2D eigenvalue weighted by atomic mass is 79.9. The molecule has 0 aliphatic carbocycles. The molecule has 0 spiro atoms. The Morgan fingerprint density at radius 3 is 2.80 bits per heavy atom. The molecule has 1 aromatic rings. The molecule has 0 saturated carbocycles. The van der Waals surface area contributed by atoms with Crippen molar-refractivity contribution in [1.82, 2.24) is 5.32 Å². The number of hydrogen-bond acceptors (Lipinski definition) is 2. The van der Waals surface area contributed by atoms with Gasteiger partial charge in [-0.25, -0.2) is 4.39 Å². The number of anilines is 1. The minimum Gasteiger partial charge on any atom is -0.365 e. The van der Waals surface area contributed by atoms with Gasteiger partial charge in [-0.05, 0) is 46.5 Å². The Labute approximate surface area is 129 Å². The fourth-order valence-corrected chi connectivity index (χ4v) is 3.18. The summed E-state index contributed by atoms with van der Waals surface area (Å²) in [4.78, 5) is 2.37. The lowest BCUT2D eigenvalue weighted by molar-refractivity contribution is 0.327. The summed E-state index contributed by atoms with van der Waals surface area (Å²) in [6, 6.07) is 6.38. The van der Waals surface area contributed by atoms with Crippen molar-refractivity contribution >= 4 is 21.6 Å². The summed E-state index contributed by atoms with van der Waals surface area (Å²) < 4.78 is 14.3. The van der Waals surface area contributed by atoms with Gasteiger partial charge < -0.3 is 10.2 Å². The number of benzene rings is 1. The van der Waals surface area contributed by atoms with E-state index < -0.39 is 0 Å². The lowest BCUT2D eigenvalue weighted by atomic mass is 9.96. The second-order valence-corrected chi connectivity index (χ2v) is 6.81. The van der Waals surface area contributed by atoms with E-state index in [1.807, 2.05) is 6.07 Å². The monoisotopic (exact) mass is 342 g/mol. The Morgan fingerprint density at radius 1 is 1.45 bits per heavy atom. The molecular formula is C16H24BrFN2. The second-order valence-electron chi connectivity index (χ2n) is 5.96. The normalized spacial score (nSPS) is 23.4. The summed E-state index contributed by atoms with van der Waals surface area (Å²) in [7, 11) is 0. The van der Waals surface area contributed by atoms with Crippen molar-refractivity contribution in [1.29, 1.82) is 0 Å². The fraction of sp³-hybridized carbons (Fsp3) is 0.625. The topological polar surface area (TPSA) is 15.3 Å². The third-order valence-corrected chi connectivity index (χ3v) is 4.72. The van der Waals surface area contributed by atoms with E-state index in [-0.39, 0.29) is 5.82 Å². The Kier molecular flexibility index (Phi) is 5.44. The van der Waals surface area contributed by atoms with Crippen LogP contribution in [0.1, 0.15) is 33.6 Å². The first-order valence-electron chi connectivity index (χ1n) is 7.48. The van der Waals surface area contributed by atoms with Gasteiger partial charge in [0.25, 0.3) is 0 Å². The average molecular weight is 343 g/mol. The molecule has 2 nitrogen and oxygen atoms in total.